The predicted octanol–water partition coefficient (Wildman–Crippen LogP) is 13.3. The van der Waals surface area contributed by atoms with Crippen LogP contribution in [0.5, 0.6) is 0 Å². The zero-order valence-corrected chi connectivity index (χ0v) is 48.0. The van der Waals surface area contributed by atoms with Crippen LogP contribution in [-0.2, 0) is 21.8 Å². The summed E-state index contributed by atoms with van der Waals surface area (Å²) >= 11 is 4.81. The molecule has 6 N–H and O–H groups in total. The number of ether oxygens (including phenoxy) is 2. The summed E-state index contributed by atoms with van der Waals surface area (Å²) in [6.45, 7) is 10.2. The third kappa shape index (κ3) is 18.6. The number of alkyl halides is 6. The third-order valence-electron chi connectivity index (χ3n) is 13.3. The number of anilines is 6. The lowest BCUT2D eigenvalue weighted by molar-refractivity contribution is -0.144. The van der Waals surface area contributed by atoms with Gasteiger partial charge < -0.3 is 50.2 Å². The molecule has 8 rings (SSSR count). The van der Waals surface area contributed by atoms with Gasteiger partial charge in [0, 0.05) is 66.9 Å². The number of methoxy groups -OCH3 is 2. The Balaban J connectivity index is 0.000000249. The maximum Gasteiger partial charge on any atom is 0.489 e. The number of nitrogens with zero attached hydrogens (tertiary/aromatic N) is 6. The second-order valence-corrected chi connectivity index (χ2v) is 22.4. The van der Waals surface area contributed by atoms with Crippen LogP contribution in [0.15, 0.2) is 89.4 Å². The number of carboxylic acids is 2. The Bertz CT molecular complexity index is 2970. The molecule has 6 aromatic rings. The van der Waals surface area contributed by atoms with E-state index >= 15 is 0 Å². The summed E-state index contributed by atoms with van der Waals surface area (Å²) in [4.78, 5) is 34.3. The molecular formula is C55H68BBrF6N8O8S2. The highest BCUT2D eigenvalue weighted by Gasteiger charge is 2.38. The van der Waals surface area contributed by atoms with Crippen LogP contribution < -0.4 is 25.9 Å². The molecule has 0 spiro atoms. The lowest BCUT2D eigenvalue weighted by atomic mass is 9.77. The Hall–Kier alpha value is -5.90. The van der Waals surface area contributed by atoms with E-state index in [1.165, 1.54) is 24.3 Å². The molecule has 2 aliphatic rings. The molecule has 2 heterocycles. The highest BCUT2D eigenvalue weighted by Crippen LogP contribution is 2.41. The number of aromatic nitrogens is 4. The van der Waals surface area contributed by atoms with Crippen LogP contribution in [0.1, 0.15) is 119 Å². The van der Waals surface area contributed by atoms with Gasteiger partial charge >= 0.3 is 31.4 Å². The Morgan fingerprint density at radius 2 is 1.07 bits per heavy atom. The number of carboxylic acid groups (broad SMARTS) is 2. The average molecular weight is 1240 g/mol. The fourth-order valence-electron chi connectivity index (χ4n) is 9.62. The van der Waals surface area contributed by atoms with Crippen molar-refractivity contribution < 1.29 is 65.7 Å². The molecule has 0 bridgehead atoms. The Labute approximate surface area is 484 Å². The molecule has 26 heteroatoms. The molecule has 2 fully saturated rings. The summed E-state index contributed by atoms with van der Waals surface area (Å²) in [7, 11) is 1.74. The minimum Gasteiger partial charge on any atom is -0.478 e. The summed E-state index contributed by atoms with van der Waals surface area (Å²) < 4.78 is 97.0. The summed E-state index contributed by atoms with van der Waals surface area (Å²) in [5.74, 6) is -3.79. The van der Waals surface area contributed by atoms with E-state index in [1.54, 1.807) is 44.6 Å². The normalized spacial score (nSPS) is 17.2. The molecule has 2 saturated carbocycles. The molecule has 4 aromatic carbocycles. The van der Waals surface area contributed by atoms with E-state index in [2.05, 4.69) is 82.8 Å². The zero-order chi connectivity index (χ0) is 58.5. The Morgan fingerprint density at radius 1 is 0.654 bits per heavy atom. The first-order chi connectivity index (χ1) is 37.9. The van der Waals surface area contributed by atoms with Gasteiger partial charge in [-0.15, -0.1) is 0 Å². The van der Waals surface area contributed by atoms with E-state index in [9.17, 15) is 41.0 Å². The number of hydrogen-bond donors (Lipinski definition) is 6. The van der Waals surface area contributed by atoms with Gasteiger partial charge in [0.25, 0.3) is 0 Å². The van der Waals surface area contributed by atoms with E-state index in [0.717, 1.165) is 80.3 Å². The number of aromatic carboxylic acids is 2. The highest BCUT2D eigenvalue weighted by molar-refractivity contribution is 9.10. The van der Waals surface area contributed by atoms with Gasteiger partial charge in [0.2, 0.25) is 21.9 Å². The van der Waals surface area contributed by atoms with Crippen molar-refractivity contribution in [2.45, 2.75) is 123 Å². The predicted molar refractivity (Wildman–Crippen MR) is 310 cm³/mol. The Kier molecular flexibility index (Phi) is 24.3. The third-order valence-corrected chi connectivity index (χ3v) is 15.1. The van der Waals surface area contributed by atoms with Crippen molar-refractivity contribution in [3.8, 4) is 11.1 Å². The van der Waals surface area contributed by atoms with Gasteiger partial charge in [-0.3, -0.25) is 0 Å². The van der Waals surface area contributed by atoms with Gasteiger partial charge in [0.1, 0.15) is 0 Å². The summed E-state index contributed by atoms with van der Waals surface area (Å²) in [5, 5.41) is 42.1. The highest BCUT2D eigenvalue weighted by atomic mass is 79.9. The molecule has 0 unspecified atom stereocenters. The van der Waals surface area contributed by atoms with Crippen LogP contribution in [0.25, 0.3) is 11.1 Å². The van der Waals surface area contributed by atoms with Crippen LogP contribution >= 0.6 is 39.0 Å². The van der Waals surface area contributed by atoms with Crippen molar-refractivity contribution in [2.75, 3.05) is 47.7 Å². The summed E-state index contributed by atoms with van der Waals surface area (Å²) in [6.07, 6.45) is -0.964. The van der Waals surface area contributed by atoms with Crippen molar-refractivity contribution in [2.24, 2.45) is 11.8 Å². The van der Waals surface area contributed by atoms with Crippen LogP contribution in [0.3, 0.4) is 0 Å². The van der Waals surface area contributed by atoms with E-state index in [4.69, 9.17) is 24.6 Å². The number of nitrogens with one attached hydrogen (secondary N) is 2. The van der Waals surface area contributed by atoms with Crippen LogP contribution in [0.4, 0.5) is 59.4 Å². The topological polar surface area (TPSA) is 216 Å². The molecule has 0 aliphatic heterocycles. The van der Waals surface area contributed by atoms with E-state index in [0.29, 0.717) is 69.5 Å². The van der Waals surface area contributed by atoms with Crippen molar-refractivity contribution in [3.05, 3.63) is 112 Å². The zero-order valence-electron chi connectivity index (χ0n) is 44.8. The van der Waals surface area contributed by atoms with Gasteiger partial charge in [-0.1, -0.05) is 93.5 Å². The number of rotatable bonds is 18. The van der Waals surface area contributed by atoms with Gasteiger partial charge in [-0.05, 0) is 122 Å². The first-order valence-electron chi connectivity index (χ1n) is 25.8. The molecule has 440 valence electrons. The first kappa shape index (κ1) is 65.9. The molecule has 0 amide bonds. The molecule has 0 radical (unpaired) electrons. The molecule has 2 aromatic heterocycles. The molecular weight excluding hydrogens is 1170 g/mol. The number of benzene rings is 4. The second-order valence-electron chi connectivity index (χ2n) is 20.0. The molecule has 0 atom stereocenters. The number of hydrogen-bond acceptors (Lipinski definition) is 16. The maximum atomic E-state index is 13.2. The minimum absolute atomic E-state index is 0. The van der Waals surface area contributed by atoms with Crippen molar-refractivity contribution in [1.82, 2.24) is 18.7 Å². The molecule has 2 aliphatic carbocycles. The smallest absolute Gasteiger partial charge is 0.478 e. The summed E-state index contributed by atoms with van der Waals surface area (Å²) in [5.41, 5.74) is 4.22. The fourth-order valence-corrected chi connectivity index (χ4v) is 11.2. The average Bonchev–Trinajstić information content (AvgIpc) is 4.27. The van der Waals surface area contributed by atoms with E-state index < -0.39 is 43.1 Å². The van der Waals surface area contributed by atoms with E-state index in [-0.39, 0.29) is 46.4 Å². The van der Waals surface area contributed by atoms with Crippen molar-refractivity contribution >= 4 is 96.5 Å². The second kappa shape index (κ2) is 29.9. The lowest BCUT2D eigenvalue weighted by Gasteiger charge is -2.40. The number of halogens is 7. The molecule has 0 saturated heterocycles. The molecule has 81 heavy (non-hydrogen) atoms. The van der Waals surface area contributed by atoms with Crippen LogP contribution in [0.2, 0.25) is 0 Å². The van der Waals surface area contributed by atoms with Crippen molar-refractivity contribution in [1.29, 1.82) is 0 Å². The number of carbonyl (C=O) groups is 2. The standard InChI is InChI=1S/C27H31F3N4O3S.C20H26BrF3N4OS.C7H7BO4.CH4/c1-16(2)15-34(18-9-11-19(37-3)12-10-18)23-13-8-17(20-6-4-5-7-21(20)24(35)36)14-22(23)31-26-32-25(33-38-26)27(28,29)30;1-12(2)11-28(14-5-7-15(29-3)8-6-14)17-9-4-13(21)10-16(17)25-19-26-18(27-30-19)20(22,23)24;9-7(10)5-3-1-2-4-6(5)8(11)12;/h4-8,13-14,16,18-19H,9-12,15H2,1-3H3,(H,35,36)(H,31,32,33);4,9-10,12,14-15H,5-8,11H2,1-3H3,(H,25,26,27);1-4,11-12H,(H,9,10);1H4. The minimum atomic E-state index is -4.65. The van der Waals surface area contributed by atoms with Gasteiger partial charge in [-0.2, -0.15) is 45.1 Å². The largest absolute Gasteiger partial charge is 0.489 e. The Morgan fingerprint density at radius 3 is 1.47 bits per heavy atom. The van der Waals surface area contributed by atoms with Crippen molar-refractivity contribution in [3.63, 3.8) is 0 Å². The van der Waals surface area contributed by atoms with Gasteiger partial charge in [0.05, 0.1) is 46.1 Å². The van der Waals surface area contributed by atoms with Crippen LogP contribution in [0, 0.1) is 11.8 Å². The maximum absolute atomic E-state index is 13.2. The SMILES string of the molecule is C.COC1CCC(N(CC(C)C)c2ccc(-c3ccccc3C(=O)O)cc2Nc2nc(C(F)(F)F)ns2)CC1.COC1CCC(N(CC(C)C)c2ccc(Br)cc2Nc2nc(C(F)(F)F)ns2)CC1.O=C(O)c1ccccc1B(O)O. The first-order valence-corrected chi connectivity index (χ1v) is 28.1. The van der Waals surface area contributed by atoms with Gasteiger partial charge in [0.15, 0.2) is 0 Å². The van der Waals surface area contributed by atoms with Crippen LogP contribution in [-0.4, -0.2) is 110 Å². The summed E-state index contributed by atoms with van der Waals surface area (Å²) in [6, 6.07) is 24.3. The van der Waals surface area contributed by atoms with Gasteiger partial charge in [-0.25, -0.2) is 9.59 Å². The quantitative estimate of drug-likeness (QED) is 0.0348. The monoisotopic (exact) mass is 1240 g/mol. The lowest BCUT2D eigenvalue weighted by Crippen LogP contribution is -2.41. The van der Waals surface area contributed by atoms with E-state index in [1.807, 2.05) is 30.3 Å². The fraction of sp³-hybridized carbons (Fsp3) is 0.455. The molecule has 16 nitrogen and oxygen atoms in total.